The number of hydrogen-bond donors (Lipinski definition) is 2. The molecule has 0 saturated carbocycles. The first-order chi connectivity index (χ1) is 16.3. The molecule has 0 aromatic carbocycles. The minimum Gasteiger partial charge on any atom is -0.454 e. The van der Waals surface area contributed by atoms with Crippen molar-refractivity contribution in [1.82, 2.24) is 34.9 Å². The number of aromatic amines is 1. The van der Waals surface area contributed by atoms with Gasteiger partial charge in [0, 0.05) is 30.7 Å². The average Bonchev–Trinajstić information content (AvgIpc) is 3.28. The van der Waals surface area contributed by atoms with Crippen molar-refractivity contribution in [2.24, 2.45) is 0 Å². The van der Waals surface area contributed by atoms with Crippen LogP contribution in [0.25, 0.3) is 0 Å². The molecule has 0 spiro atoms. The van der Waals surface area contributed by atoms with E-state index >= 15 is 0 Å². The molecule has 2 aromatic rings. The molecule has 4 heterocycles. The number of nitrogens with zero attached hydrogens (tertiary/aromatic N) is 6. The lowest BCUT2D eigenvalue weighted by molar-refractivity contribution is -0.154. The summed E-state index contributed by atoms with van der Waals surface area (Å²) in [6.45, 7) is 7.79. The van der Waals surface area contributed by atoms with Crippen LogP contribution >= 0.6 is 0 Å². The lowest BCUT2D eigenvalue weighted by atomic mass is 10.0. The Bertz CT molecular complexity index is 1110. The lowest BCUT2D eigenvalue weighted by Gasteiger charge is -2.45. The van der Waals surface area contributed by atoms with Crippen LogP contribution in [0.15, 0.2) is 6.20 Å². The molecule has 2 N–H and O–H groups in total. The summed E-state index contributed by atoms with van der Waals surface area (Å²) in [5, 5.41) is 9.80. The largest absolute Gasteiger partial charge is 0.454 e. The van der Waals surface area contributed by atoms with Gasteiger partial charge in [-0.3, -0.25) is 10.00 Å². The number of H-pyrrole nitrogens is 1. The molecule has 1 fully saturated rings. The number of fused-ring (bicyclic) bond motifs is 1. The number of aromatic nitrogens is 4. The second-order valence-corrected chi connectivity index (χ2v) is 9.52. The quantitative estimate of drug-likeness (QED) is 0.622. The van der Waals surface area contributed by atoms with Crippen LogP contribution in [0, 0.1) is 5.82 Å². The van der Waals surface area contributed by atoms with Gasteiger partial charge in [-0.2, -0.15) is 23.3 Å². The monoisotopic (exact) mass is 500 g/mol. The molecule has 2 aromatic heterocycles. The van der Waals surface area contributed by atoms with Gasteiger partial charge in [-0.1, -0.05) is 0 Å². The molecule has 2 amide bonds. The number of urea groups is 1. The average molecular weight is 501 g/mol. The molecule has 4 rings (SSSR count). The van der Waals surface area contributed by atoms with Crippen LogP contribution in [0.3, 0.4) is 0 Å². The predicted molar refractivity (Wildman–Crippen MR) is 118 cm³/mol. The maximum absolute atomic E-state index is 14.3. The van der Waals surface area contributed by atoms with Gasteiger partial charge < -0.3 is 19.9 Å². The van der Waals surface area contributed by atoms with Crippen molar-refractivity contribution in [3.05, 3.63) is 23.3 Å². The van der Waals surface area contributed by atoms with Crippen molar-refractivity contribution >= 4 is 17.7 Å². The zero-order valence-electron chi connectivity index (χ0n) is 20.1. The number of ether oxygens (including phenoxy) is 1. The third kappa shape index (κ3) is 4.83. The maximum atomic E-state index is 14.3. The maximum Gasteiger partial charge on any atom is 0.422 e. The van der Waals surface area contributed by atoms with Crippen molar-refractivity contribution in [2.45, 2.75) is 58.0 Å². The summed E-state index contributed by atoms with van der Waals surface area (Å²) in [5.74, 6) is -1.08. The van der Waals surface area contributed by atoms with Gasteiger partial charge in [0.05, 0.1) is 24.0 Å². The number of hydrogen-bond acceptors (Lipinski definition) is 7. The summed E-state index contributed by atoms with van der Waals surface area (Å²) < 4.78 is 56.1. The van der Waals surface area contributed by atoms with Crippen LogP contribution < -0.4 is 10.1 Å². The summed E-state index contributed by atoms with van der Waals surface area (Å²) in [5.41, 5.74) is 0.580. The number of carbonyl (C=O) groups excluding carboxylic acids is 1. The minimum absolute atomic E-state index is 0.0272. The molecule has 2 aliphatic rings. The van der Waals surface area contributed by atoms with Crippen LogP contribution in [0.1, 0.15) is 39.0 Å². The topological polar surface area (TPSA) is 103 Å². The molecular formula is C21H28F4N8O2. The standard InChI is InChI=1S/C21H28F4N8O2/c1-11-8-32(12(2)7-31(11)5)19(34)33-9-13-15(20(33,3)4)29-30-16(13)27-17-14(22)6-26-18(28-17)35-10-21(23,24)25/h6,11-12H,7-10H2,1-5H3,(H2,26,27,28,29,30)/t11-,12-/m1/s1. The van der Waals surface area contributed by atoms with E-state index in [0.29, 0.717) is 24.0 Å². The van der Waals surface area contributed by atoms with Gasteiger partial charge in [-0.25, -0.2) is 14.2 Å². The zero-order valence-corrected chi connectivity index (χ0v) is 20.1. The summed E-state index contributed by atoms with van der Waals surface area (Å²) in [6.07, 6.45) is -3.88. The molecule has 1 saturated heterocycles. The fraction of sp³-hybridized carbons (Fsp3) is 0.619. The Hall–Kier alpha value is -3.16. The van der Waals surface area contributed by atoms with Gasteiger partial charge in [-0.15, -0.1) is 0 Å². The fourth-order valence-corrected chi connectivity index (χ4v) is 4.41. The molecule has 14 heteroatoms. The van der Waals surface area contributed by atoms with E-state index in [2.05, 4.69) is 42.0 Å². The number of nitrogens with one attached hydrogen (secondary N) is 2. The molecule has 10 nitrogen and oxygen atoms in total. The number of halogens is 4. The first kappa shape index (κ1) is 24.9. The molecule has 2 atom stereocenters. The Morgan fingerprint density at radius 1 is 1.26 bits per heavy atom. The highest BCUT2D eigenvalue weighted by Gasteiger charge is 2.46. The van der Waals surface area contributed by atoms with Crippen molar-refractivity contribution in [3.8, 4) is 6.01 Å². The number of amides is 2. The molecule has 0 unspecified atom stereocenters. The number of anilines is 2. The summed E-state index contributed by atoms with van der Waals surface area (Å²) in [4.78, 5) is 26.5. The fourth-order valence-electron chi connectivity index (χ4n) is 4.41. The van der Waals surface area contributed by atoms with Gasteiger partial charge in [0.1, 0.15) is 0 Å². The summed E-state index contributed by atoms with van der Waals surface area (Å²) in [6, 6.07) is -0.505. The summed E-state index contributed by atoms with van der Waals surface area (Å²) in [7, 11) is 2.03. The highest BCUT2D eigenvalue weighted by molar-refractivity contribution is 5.78. The highest BCUT2D eigenvalue weighted by Crippen LogP contribution is 2.42. The number of carbonyl (C=O) groups is 1. The van der Waals surface area contributed by atoms with Crippen molar-refractivity contribution < 1.29 is 27.1 Å². The second-order valence-electron chi connectivity index (χ2n) is 9.52. The minimum atomic E-state index is -4.59. The molecule has 0 radical (unpaired) electrons. The molecule has 2 aliphatic heterocycles. The van der Waals surface area contributed by atoms with Crippen LogP contribution in [0.4, 0.5) is 34.0 Å². The van der Waals surface area contributed by atoms with E-state index in [4.69, 9.17) is 0 Å². The lowest BCUT2D eigenvalue weighted by Crippen LogP contribution is -2.60. The van der Waals surface area contributed by atoms with E-state index < -0.39 is 36.0 Å². The predicted octanol–water partition coefficient (Wildman–Crippen LogP) is 3.22. The van der Waals surface area contributed by atoms with E-state index in [0.717, 1.165) is 6.54 Å². The Morgan fingerprint density at radius 2 is 1.97 bits per heavy atom. The van der Waals surface area contributed by atoms with Gasteiger partial charge >= 0.3 is 18.2 Å². The van der Waals surface area contributed by atoms with Crippen molar-refractivity contribution in [2.75, 3.05) is 32.1 Å². The Morgan fingerprint density at radius 3 is 2.66 bits per heavy atom. The number of alkyl halides is 3. The smallest absolute Gasteiger partial charge is 0.422 e. The molecule has 0 bridgehead atoms. The van der Waals surface area contributed by atoms with E-state index in [1.54, 1.807) is 4.90 Å². The van der Waals surface area contributed by atoms with Gasteiger partial charge in [0.25, 0.3) is 0 Å². The van der Waals surface area contributed by atoms with Crippen molar-refractivity contribution in [1.29, 1.82) is 0 Å². The first-order valence-corrected chi connectivity index (χ1v) is 11.1. The van der Waals surface area contributed by atoms with Gasteiger partial charge in [0.2, 0.25) is 0 Å². The van der Waals surface area contributed by atoms with E-state index in [-0.39, 0.29) is 30.5 Å². The Kier molecular flexibility index (Phi) is 6.28. The van der Waals surface area contributed by atoms with Crippen LogP contribution in [-0.2, 0) is 12.1 Å². The van der Waals surface area contributed by atoms with Gasteiger partial charge in [0.15, 0.2) is 24.1 Å². The Balaban J connectivity index is 1.54. The first-order valence-electron chi connectivity index (χ1n) is 11.1. The highest BCUT2D eigenvalue weighted by atomic mass is 19.4. The third-order valence-electron chi connectivity index (χ3n) is 6.57. The van der Waals surface area contributed by atoms with Crippen molar-refractivity contribution in [3.63, 3.8) is 0 Å². The van der Waals surface area contributed by atoms with E-state index in [1.165, 1.54) is 0 Å². The SMILES string of the molecule is C[C@@H]1CN(C(=O)N2Cc3c(Nc4nc(OCC(F)(F)F)ncc4F)n[nH]c3C2(C)C)[C@H](C)CN1C. The van der Waals surface area contributed by atoms with E-state index in [1.807, 2.05) is 32.7 Å². The van der Waals surface area contributed by atoms with Gasteiger partial charge in [-0.05, 0) is 34.7 Å². The number of rotatable bonds is 4. The van der Waals surface area contributed by atoms with Crippen LogP contribution in [0.5, 0.6) is 6.01 Å². The normalized spacial score (nSPS) is 22.3. The molecule has 192 valence electrons. The molecule has 0 aliphatic carbocycles. The van der Waals surface area contributed by atoms with E-state index in [9.17, 15) is 22.4 Å². The van der Waals surface area contributed by atoms with Crippen LogP contribution in [-0.4, -0.2) is 85.9 Å². The molecular weight excluding hydrogens is 472 g/mol. The third-order valence-corrected chi connectivity index (χ3v) is 6.57. The zero-order chi connectivity index (χ0) is 25.7. The molecule has 35 heavy (non-hydrogen) atoms. The second kappa shape index (κ2) is 8.81. The van der Waals surface area contributed by atoms with Crippen LogP contribution in [0.2, 0.25) is 0 Å². The number of piperazine rings is 1. The number of likely N-dealkylation sites (N-methyl/N-ethyl adjacent to an activating group) is 1. The Labute approximate surface area is 199 Å². The summed E-state index contributed by atoms with van der Waals surface area (Å²) >= 11 is 0.